The van der Waals surface area contributed by atoms with Crippen molar-refractivity contribution in [3.8, 4) is 17.1 Å². The van der Waals surface area contributed by atoms with Crippen LogP contribution in [0.3, 0.4) is 0 Å². The standard InChI is InChI=1S/C26H27N5O2/c1-17-4-3-5-22(28-17)23-16-18-10-13-27-26(32)24(18)25(30-23)29-19-6-8-20(9-7-19)33-21-11-14-31(2)15-12-21/h3-10,13,16,21H,11-12,14-15H2,1-2H3,(H,27,32)(H,29,30). The molecule has 0 unspecified atom stereocenters. The van der Waals surface area contributed by atoms with Crippen molar-refractivity contribution in [1.29, 1.82) is 0 Å². The number of likely N-dealkylation sites (tertiary alicyclic amines) is 1. The van der Waals surface area contributed by atoms with E-state index >= 15 is 0 Å². The molecule has 0 radical (unpaired) electrons. The van der Waals surface area contributed by atoms with Gasteiger partial charge in [0.2, 0.25) is 0 Å². The summed E-state index contributed by atoms with van der Waals surface area (Å²) in [6.07, 6.45) is 3.98. The van der Waals surface area contributed by atoms with Crippen molar-refractivity contribution in [2.75, 3.05) is 25.5 Å². The molecule has 4 heterocycles. The van der Waals surface area contributed by atoms with Gasteiger partial charge in [-0.25, -0.2) is 4.98 Å². The molecule has 0 saturated carbocycles. The molecule has 0 atom stereocenters. The van der Waals surface area contributed by atoms with Crippen molar-refractivity contribution in [1.82, 2.24) is 19.9 Å². The molecule has 0 amide bonds. The summed E-state index contributed by atoms with van der Waals surface area (Å²) in [4.78, 5) is 27.1. The van der Waals surface area contributed by atoms with Crippen LogP contribution < -0.4 is 15.6 Å². The Morgan fingerprint density at radius 1 is 1.03 bits per heavy atom. The number of aryl methyl sites for hydroxylation is 1. The Morgan fingerprint density at radius 2 is 1.82 bits per heavy atom. The zero-order valence-electron chi connectivity index (χ0n) is 18.8. The Morgan fingerprint density at radius 3 is 2.58 bits per heavy atom. The first kappa shape index (κ1) is 21.2. The van der Waals surface area contributed by atoms with Gasteiger partial charge in [-0.3, -0.25) is 9.78 Å². The number of pyridine rings is 3. The fourth-order valence-electron chi connectivity index (χ4n) is 4.17. The number of H-pyrrole nitrogens is 1. The topological polar surface area (TPSA) is 83.1 Å². The van der Waals surface area contributed by atoms with Crippen molar-refractivity contribution in [3.63, 3.8) is 0 Å². The number of rotatable bonds is 5. The third-order valence-electron chi connectivity index (χ3n) is 5.99. The maximum atomic E-state index is 12.6. The van der Waals surface area contributed by atoms with E-state index in [1.165, 1.54) is 0 Å². The van der Waals surface area contributed by atoms with Crippen LogP contribution in [0.2, 0.25) is 0 Å². The molecule has 1 aliphatic rings. The highest BCUT2D eigenvalue weighted by molar-refractivity contribution is 5.94. The number of hydrogen-bond acceptors (Lipinski definition) is 6. The first-order valence-corrected chi connectivity index (χ1v) is 11.2. The number of hydrogen-bond donors (Lipinski definition) is 2. The van der Waals surface area contributed by atoms with Crippen molar-refractivity contribution in [3.05, 3.63) is 76.8 Å². The molecule has 1 saturated heterocycles. The van der Waals surface area contributed by atoms with Gasteiger partial charge < -0.3 is 19.9 Å². The second kappa shape index (κ2) is 9.03. The molecule has 1 fully saturated rings. The lowest BCUT2D eigenvalue weighted by atomic mass is 10.1. The number of aromatic amines is 1. The van der Waals surface area contributed by atoms with E-state index < -0.39 is 0 Å². The third-order valence-corrected chi connectivity index (χ3v) is 5.99. The molecule has 1 aliphatic heterocycles. The summed E-state index contributed by atoms with van der Waals surface area (Å²) in [7, 11) is 2.14. The number of fused-ring (bicyclic) bond motifs is 1. The molecular weight excluding hydrogens is 414 g/mol. The van der Waals surface area contributed by atoms with E-state index in [2.05, 4.69) is 27.2 Å². The zero-order chi connectivity index (χ0) is 22.8. The van der Waals surface area contributed by atoms with Crippen LogP contribution in [0.25, 0.3) is 22.2 Å². The van der Waals surface area contributed by atoms with Gasteiger partial charge in [-0.2, -0.15) is 0 Å². The number of anilines is 2. The Hall–Kier alpha value is -3.71. The highest BCUT2D eigenvalue weighted by Crippen LogP contribution is 2.28. The molecule has 4 aromatic rings. The van der Waals surface area contributed by atoms with E-state index in [9.17, 15) is 4.79 Å². The van der Waals surface area contributed by atoms with Gasteiger partial charge in [-0.1, -0.05) is 6.07 Å². The summed E-state index contributed by atoms with van der Waals surface area (Å²) >= 11 is 0. The zero-order valence-corrected chi connectivity index (χ0v) is 18.8. The molecule has 168 valence electrons. The third kappa shape index (κ3) is 4.73. The average molecular weight is 442 g/mol. The van der Waals surface area contributed by atoms with E-state index in [1.54, 1.807) is 6.20 Å². The minimum Gasteiger partial charge on any atom is -0.490 e. The van der Waals surface area contributed by atoms with Crippen molar-refractivity contribution in [2.24, 2.45) is 0 Å². The molecule has 0 bridgehead atoms. The van der Waals surface area contributed by atoms with Crippen LogP contribution in [0.5, 0.6) is 5.75 Å². The summed E-state index contributed by atoms with van der Waals surface area (Å²) in [5.74, 6) is 1.35. The van der Waals surface area contributed by atoms with Crippen molar-refractivity contribution >= 4 is 22.3 Å². The summed E-state index contributed by atoms with van der Waals surface area (Å²) in [6.45, 7) is 4.07. The summed E-state index contributed by atoms with van der Waals surface area (Å²) in [6, 6.07) is 17.4. The molecule has 5 rings (SSSR count). The van der Waals surface area contributed by atoms with Crippen LogP contribution in [0.4, 0.5) is 11.5 Å². The Balaban J connectivity index is 1.43. The van der Waals surface area contributed by atoms with Gasteiger partial charge in [0.25, 0.3) is 5.56 Å². The largest absolute Gasteiger partial charge is 0.490 e. The Kier molecular flexibility index (Phi) is 5.79. The lowest BCUT2D eigenvalue weighted by Gasteiger charge is -2.29. The molecule has 0 spiro atoms. The fraction of sp³-hybridized carbons (Fsp3) is 0.269. The summed E-state index contributed by atoms with van der Waals surface area (Å²) in [5, 5.41) is 4.65. The quantitative estimate of drug-likeness (QED) is 0.474. The number of benzene rings is 1. The first-order chi connectivity index (χ1) is 16.0. The Bertz CT molecular complexity index is 1320. The summed E-state index contributed by atoms with van der Waals surface area (Å²) < 4.78 is 6.15. The first-order valence-electron chi connectivity index (χ1n) is 11.2. The van der Waals surface area contributed by atoms with Gasteiger partial charge >= 0.3 is 0 Å². The number of piperidine rings is 1. The number of ether oxygens (including phenoxy) is 1. The SMILES string of the molecule is Cc1cccc(-c2cc3cc[nH]c(=O)c3c(Nc3ccc(OC4CCN(C)CC4)cc3)n2)n1. The second-order valence-electron chi connectivity index (χ2n) is 8.56. The highest BCUT2D eigenvalue weighted by atomic mass is 16.5. The van der Waals surface area contributed by atoms with E-state index in [1.807, 2.05) is 61.5 Å². The average Bonchev–Trinajstić information content (AvgIpc) is 2.82. The molecule has 0 aliphatic carbocycles. The fourth-order valence-corrected chi connectivity index (χ4v) is 4.17. The van der Waals surface area contributed by atoms with Crippen LogP contribution in [0.15, 0.2) is 65.6 Å². The second-order valence-corrected chi connectivity index (χ2v) is 8.56. The predicted octanol–water partition coefficient (Wildman–Crippen LogP) is 4.51. The van der Waals surface area contributed by atoms with Crippen molar-refractivity contribution < 1.29 is 4.74 Å². The van der Waals surface area contributed by atoms with Gasteiger partial charge in [-0.05, 0) is 80.7 Å². The van der Waals surface area contributed by atoms with Gasteiger partial charge in [0.05, 0.1) is 16.8 Å². The smallest absolute Gasteiger partial charge is 0.259 e. The van der Waals surface area contributed by atoms with Gasteiger partial charge in [0, 0.05) is 30.7 Å². The minimum atomic E-state index is -0.187. The molecule has 3 aromatic heterocycles. The van der Waals surface area contributed by atoms with Crippen molar-refractivity contribution in [2.45, 2.75) is 25.9 Å². The molecule has 33 heavy (non-hydrogen) atoms. The van der Waals surface area contributed by atoms with E-state index in [-0.39, 0.29) is 11.7 Å². The molecule has 1 aromatic carbocycles. The Labute approximate surface area is 192 Å². The molecular formula is C26H27N5O2. The predicted molar refractivity (Wildman–Crippen MR) is 131 cm³/mol. The van der Waals surface area contributed by atoms with Gasteiger partial charge in [-0.15, -0.1) is 0 Å². The lowest BCUT2D eigenvalue weighted by Crippen LogP contribution is -2.35. The van der Waals surface area contributed by atoms with Crippen LogP contribution in [0, 0.1) is 6.92 Å². The normalized spacial score (nSPS) is 15.0. The van der Waals surface area contributed by atoms with Crippen LogP contribution in [-0.2, 0) is 0 Å². The number of nitrogens with one attached hydrogen (secondary N) is 2. The van der Waals surface area contributed by atoms with E-state index in [0.29, 0.717) is 16.9 Å². The molecule has 7 nitrogen and oxygen atoms in total. The monoisotopic (exact) mass is 441 g/mol. The number of nitrogens with zero attached hydrogens (tertiary/aromatic N) is 3. The lowest BCUT2D eigenvalue weighted by molar-refractivity contribution is 0.114. The van der Waals surface area contributed by atoms with Crippen LogP contribution >= 0.6 is 0 Å². The molecule has 7 heteroatoms. The van der Waals surface area contributed by atoms with Crippen LogP contribution in [0.1, 0.15) is 18.5 Å². The van der Waals surface area contributed by atoms with E-state index in [4.69, 9.17) is 9.72 Å². The highest BCUT2D eigenvalue weighted by Gasteiger charge is 2.18. The maximum absolute atomic E-state index is 12.6. The minimum absolute atomic E-state index is 0.187. The van der Waals surface area contributed by atoms with E-state index in [0.717, 1.165) is 54.1 Å². The van der Waals surface area contributed by atoms with Gasteiger partial charge in [0.15, 0.2) is 0 Å². The van der Waals surface area contributed by atoms with Crippen LogP contribution in [-0.4, -0.2) is 46.1 Å². The van der Waals surface area contributed by atoms with Gasteiger partial charge in [0.1, 0.15) is 17.7 Å². The summed E-state index contributed by atoms with van der Waals surface area (Å²) in [5.41, 5.74) is 3.03. The number of aromatic nitrogens is 3. The molecule has 2 N–H and O–H groups in total. The maximum Gasteiger partial charge on any atom is 0.259 e.